The number of aromatic nitrogens is 2. The predicted molar refractivity (Wildman–Crippen MR) is 89.1 cm³/mol. The van der Waals surface area contributed by atoms with Crippen molar-refractivity contribution in [2.45, 2.75) is 13.0 Å². The highest BCUT2D eigenvalue weighted by Crippen LogP contribution is 2.20. The highest BCUT2D eigenvalue weighted by Gasteiger charge is 2.17. The normalized spacial score (nSPS) is 12.2. The van der Waals surface area contributed by atoms with Crippen LogP contribution in [0.4, 0.5) is 8.78 Å². The molecular weight excluding hydrogens is 328 g/mol. The van der Waals surface area contributed by atoms with E-state index in [4.69, 9.17) is 4.74 Å². The van der Waals surface area contributed by atoms with Crippen LogP contribution < -0.4 is 10.1 Å². The van der Waals surface area contributed by atoms with Crippen molar-refractivity contribution in [1.29, 1.82) is 0 Å². The lowest BCUT2D eigenvalue weighted by Crippen LogP contribution is -2.32. The van der Waals surface area contributed by atoms with Crippen molar-refractivity contribution in [2.75, 3.05) is 6.61 Å². The quantitative estimate of drug-likeness (QED) is 0.773. The first-order chi connectivity index (χ1) is 12.0. The Hall–Kier alpha value is -2.96. The minimum atomic E-state index is -0.851. The number of aryl methyl sites for hydroxylation is 1. The average molecular weight is 345 g/mol. The molecule has 1 heterocycles. The molecule has 0 saturated heterocycles. The van der Waals surface area contributed by atoms with Gasteiger partial charge in [0, 0.05) is 13.1 Å². The van der Waals surface area contributed by atoms with Gasteiger partial charge in [0.15, 0.2) is 18.2 Å². The summed E-state index contributed by atoms with van der Waals surface area (Å²) in [5, 5.41) is 2.76. The number of rotatable bonds is 5. The molecule has 0 radical (unpaired) electrons. The van der Waals surface area contributed by atoms with Crippen LogP contribution in [0.25, 0.3) is 11.0 Å². The summed E-state index contributed by atoms with van der Waals surface area (Å²) in [7, 11) is 1.87. The maximum atomic E-state index is 13.5. The predicted octanol–water partition coefficient (Wildman–Crippen LogP) is 3.11. The molecule has 7 heteroatoms. The summed E-state index contributed by atoms with van der Waals surface area (Å²) in [6.45, 7) is 1.43. The second kappa shape index (κ2) is 6.88. The van der Waals surface area contributed by atoms with Gasteiger partial charge in [0.05, 0.1) is 17.1 Å². The van der Waals surface area contributed by atoms with Crippen LogP contribution >= 0.6 is 0 Å². The summed E-state index contributed by atoms with van der Waals surface area (Å²) in [4.78, 5) is 16.5. The molecule has 0 bridgehead atoms. The van der Waals surface area contributed by atoms with Gasteiger partial charge in [-0.2, -0.15) is 0 Å². The number of nitrogens with one attached hydrogen (secondary N) is 1. The molecule has 0 aliphatic carbocycles. The molecule has 0 spiro atoms. The molecule has 5 nitrogen and oxygen atoms in total. The fraction of sp³-hybridized carbons (Fsp3) is 0.222. The van der Waals surface area contributed by atoms with E-state index in [1.54, 1.807) is 6.92 Å². The maximum Gasteiger partial charge on any atom is 0.258 e. The van der Waals surface area contributed by atoms with Crippen molar-refractivity contribution in [1.82, 2.24) is 14.9 Å². The molecule has 1 unspecified atom stereocenters. The molecule has 3 aromatic rings. The lowest BCUT2D eigenvalue weighted by molar-refractivity contribution is -0.123. The number of carbonyl (C=O) groups excluding carboxylic acids is 1. The Morgan fingerprint density at radius 1 is 1.28 bits per heavy atom. The Kier molecular flexibility index (Phi) is 4.65. The average Bonchev–Trinajstić information content (AvgIpc) is 2.91. The molecule has 0 aliphatic rings. The van der Waals surface area contributed by atoms with E-state index in [2.05, 4.69) is 10.3 Å². The van der Waals surface area contributed by atoms with E-state index in [1.807, 2.05) is 35.9 Å². The molecule has 0 fully saturated rings. The van der Waals surface area contributed by atoms with Gasteiger partial charge in [0.25, 0.3) is 5.91 Å². The van der Waals surface area contributed by atoms with Crippen molar-refractivity contribution in [3.63, 3.8) is 0 Å². The molecule has 0 saturated carbocycles. The summed E-state index contributed by atoms with van der Waals surface area (Å²) in [6.07, 6.45) is 0. The van der Waals surface area contributed by atoms with Crippen LogP contribution in [0.15, 0.2) is 42.5 Å². The van der Waals surface area contributed by atoms with Gasteiger partial charge in [-0.25, -0.2) is 13.8 Å². The summed E-state index contributed by atoms with van der Waals surface area (Å²) in [5.74, 6) is -1.46. The van der Waals surface area contributed by atoms with Crippen molar-refractivity contribution < 1.29 is 18.3 Å². The highest BCUT2D eigenvalue weighted by molar-refractivity contribution is 5.79. The third-order valence-electron chi connectivity index (χ3n) is 3.84. The molecule has 3 rings (SSSR count). The van der Waals surface area contributed by atoms with E-state index in [1.165, 1.54) is 0 Å². The Morgan fingerprint density at radius 2 is 2.04 bits per heavy atom. The molecule has 0 aliphatic heterocycles. The van der Waals surface area contributed by atoms with Crippen molar-refractivity contribution in [3.8, 4) is 5.75 Å². The number of hydrogen-bond donors (Lipinski definition) is 1. The van der Waals surface area contributed by atoms with E-state index in [0.29, 0.717) is 11.9 Å². The van der Waals surface area contributed by atoms with Crippen molar-refractivity contribution in [2.24, 2.45) is 7.05 Å². The van der Waals surface area contributed by atoms with Crippen LogP contribution in [-0.2, 0) is 11.8 Å². The van der Waals surface area contributed by atoms with Gasteiger partial charge in [-0.05, 0) is 31.2 Å². The van der Waals surface area contributed by atoms with E-state index < -0.39 is 17.5 Å². The zero-order valence-electron chi connectivity index (χ0n) is 13.8. The topological polar surface area (TPSA) is 56.1 Å². The third kappa shape index (κ3) is 3.60. The second-order valence-electron chi connectivity index (χ2n) is 5.67. The zero-order chi connectivity index (χ0) is 18.0. The second-order valence-corrected chi connectivity index (χ2v) is 5.67. The number of imidazole rings is 1. The minimum absolute atomic E-state index is 0.174. The number of fused-ring (bicyclic) bond motifs is 1. The summed E-state index contributed by atoms with van der Waals surface area (Å²) < 4.78 is 33.3. The van der Waals surface area contributed by atoms with Crippen molar-refractivity contribution in [3.05, 3.63) is 59.9 Å². The number of ether oxygens (including phenoxy) is 1. The Bertz CT molecular complexity index is 924. The van der Waals surface area contributed by atoms with E-state index >= 15 is 0 Å². The third-order valence-corrected chi connectivity index (χ3v) is 3.84. The molecule has 1 atom stereocenters. The van der Waals surface area contributed by atoms with Crippen LogP contribution in [0.5, 0.6) is 5.75 Å². The van der Waals surface area contributed by atoms with Crippen molar-refractivity contribution >= 4 is 16.9 Å². The van der Waals surface area contributed by atoms with E-state index in [0.717, 1.165) is 23.2 Å². The van der Waals surface area contributed by atoms with Gasteiger partial charge in [-0.3, -0.25) is 4.79 Å². The molecule has 1 N–H and O–H groups in total. The molecule has 1 aromatic heterocycles. The number of halogens is 2. The Labute approximate surface area is 143 Å². The lowest BCUT2D eigenvalue weighted by Gasteiger charge is -2.14. The van der Waals surface area contributed by atoms with Gasteiger partial charge in [-0.15, -0.1) is 0 Å². The number of nitrogens with zero attached hydrogens (tertiary/aromatic N) is 2. The molecule has 25 heavy (non-hydrogen) atoms. The van der Waals surface area contributed by atoms with Gasteiger partial charge in [0.1, 0.15) is 11.6 Å². The number of hydrogen-bond acceptors (Lipinski definition) is 3. The molecule has 2 aromatic carbocycles. The molecule has 130 valence electrons. The smallest absolute Gasteiger partial charge is 0.258 e. The van der Waals surface area contributed by atoms with Crippen LogP contribution in [0, 0.1) is 11.6 Å². The van der Waals surface area contributed by atoms with Gasteiger partial charge >= 0.3 is 0 Å². The van der Waals surface area contributed by atoms with Gasteiger partial charge < -0.3 is 14.6 Å². The SMILES string of the molecule is CC(NC(=O)COc1ccc(F)cc1F)c1nc2ccccc2n1C. The summed E-state index contributed by atoms with van der Waals surface area (Å²) >= 11 is 0. The fourth-order valence-corrected chi connectivity index (χ4v) is 2.63. The van der Waals surface area contributed by atoms with E-state index in [-0.39, 0.29) is 18.4 Å². The zero-order valence-corrected chi connectivity index (χ0v) is 13.8. The monoisotopic (exact) mass is 345 g/mol. The van der Waals surface area contributed by atoms with Crippen LogP contribution in [-0.4, -0.2) is 22.1 Å². The summed E-state index contributed by atoms with van der Waals surface area (Å²) in [5.41, 5.74) is 1.80. The fourth-order valence-electron chi connectivity index (χ4n) is 2.63. The number of benzene rings is 2. The number of carbonyl (C=O) groups is 1. The van der Waals surface area contributed by atoms with Crippen LogP contribution in [0.2, 0.25) is 0 Å². The van der Waals surface area contributed by atoms with Crippen LogP contribution in [0.3, 0.4) is 0 Å². The molecular formula is C18H17F2N3O2. The highest BCUT2D eigenvalue weighted by atomic mass is 19.1. The van der Waals surface area contributed by atoms with Gasteiger partial charge in [-0.1, -0.05) is 12.1 Å². The minimum Gasteiger partial charge on any atom is -0.481 e. The number of para-hydroxylation sites is 2. The number of amides is 1. The largest absolute Gasteiger partial charge is 0.481 e. The summed E-state index contributed by atoms with van der Waals surface area (Å²) in [6, 6.07) is 10.2. The lowest BCUT2D eigenvalue weighted by atomic mass is 10.3. The first-order valence-electron chi connectivity index (χ1n) is 7.74. The molecule has 1 amide bonds. The maximum absolute atomic E-state index is 13.5. The van der Waals surface area contributed by atoms with E-state index in [9.17, 15) is 13.6 Å². The Morgan fingerprint density at radius 3 is 2.76 bits per heavy atom. The van der Waals surface area contributed by atoms with Crippen LogP contribution in [0.1, 0.15) is 18.8 Å². The first-order valence-corrected chi connectivity index (χ1v) is 7.74. The van der Waals surface area contributed by atoms with Gasteiger partial charge in [0.2, 0.25) is 0 Å². The first kappa shape index (κ1) is 16.9. The Balaban J connectivity index is 1.64. The standard InChI is InChI=1S/C18H17F2N3O2/c1-11(18-22-14-5-3-4-6-15(14)23(18)2)21-17(24)10-25-16-8-7-12(19)9-13(16)20/h3-9,11H,10H2,1-2H3,(H,21,24).